The number of hydrogen-bond donors (Lipinski definition) is 0. The monoisotopic (exact) mass is 427 g/mol. The molecule has 0 amide bonds. The van der Waals surface area contributed by atoms with Crippen LogP contribution in [0.1, 0.15) is 13.8 Å². The van der Waals surface area contributed by atoms with E-state index in [9.17, 15) is 10.1 Å². The molecule has 8 nitrogen and oxygen atoms in total. The number of para-hydroxylation sites is 2. The molecule has 158 valence electrons. The first-order valence-corrected chi connectivity index (χ1v) is 10.8. The summed E-state index contributed by atoms with van der Waals surface area (Å²) in [5.74, 6) is 1.66. The molecule has 0 fully saturated rings. The highest BCUT2D eigenvalue weighted by Gasteiger charge is 2.15. The van der Waals surface area contributed by atoms with Gasteiger partial charge in [-0.15, -0.1) is 10.2 Å². The van der Waals surface area contributed by atoms with E-state index < -0.39 is 4.92 Å². The number of aromatic nitrogens is 3. The first kappa shape index (κ1) is 21.6. The van der Waals surface area contributed by atoms with E-state index in [0.29, 0.717) is 12.4 Å². The van der Waals surface area contributed by atoms with Crippen molar-refractivity contribution in [3.63, 3.8) is 0 Å². The maximum absolute atomic E-state index is 11.0. The van der Waals surface area contributed by atoms with Crippen LogP contribution in [-0.2, 0) is 7.05 Å². The predicted molar refractivity (Wildman–Crippen MR) is 119 cm³/mol. The zero-order valence-corrected chi connectivity index (χ0v) is 18.1. The number of nitro groups is 1. The van der Waals surface area contributed by atoms with Crippen LogP contribution in [0.4, 0.5) is 11.4 Å². The molecule has 0 saturated carbocycles. The highest BCUT2D eigenvalue weighted by Crippen LogP contribution is 2.27. The molecule has 0 aliphatic rings. The molecule has 0 N–H and O–H groups in total. The molecule has 0 spiro atoms. The lowest BCUT2D eigenvalue weighted by Crippen LogP contribution is -2.21. The Morgan fingerprint density at radius 3 is 2.47 bits per heavy atom. The number of nitro benzene ring substituents is 1. The van der Waals surface area contributed by atoms with E-state index in [4.69, 9.17) is 4.74 Å². The average Bonchev–Trinajstić information content (AvgIpc) is 3.13. The molecule has 2 aromatic carbocycles. The molecule has 9 heteroatoms. The van der Waals surface area contributed by atoms with Crippen molar-refractivity contribution in [1.82, 2.24) is 14.8 Å². The van der Waals surface area contributed by atoms with Crippen LogP contribution in [0.3, 0.4) is 0 Å². The number of ether oxygens (including phenoxy) is 1. The summed E-state index contributed by atoms with van der Waals surface area (Å²) in [6.07, 6.45) is 0. The summed E-state index contributed by atoms with van der Waals surface area (Å²) in [5.41, 5.74) is 2.16. The molecule has 0 aliphatic heterocycles. The fraction of sp³-hybridized carbons (Fsp3) is 0.333. The number of benzene rings is 2. The van der Waals surface area contributed by atoms with Crippen LogP contribution >= 0.6 is 11.8 Å². The molecule has 1 aromatic heterocycles. The van der Waals surface area contributed by atoms with Crippen LogP contribution in [0, 0.1) is 10.1 Å². The van der Waals surface area contributed by atoms with E-state index in [2.05, 4.69) is 53.2 Å². The van der Waals surface area contributed by atoms with Gasteiger partial charge in [0, 0.05) is 43.2 Å². The summed E-state index contributed by atoms with van der Waals surface area (Å²) in [5, 5.41) is 20.4. The van der Waals surface area contributed by atoms with Gasteiger partial charge in [-0.05, 0) is 44.2 Å². The summed E-state index contributed by atoms with van der Waals surface area (Å²) in [6, 6.07) is 14.7. The van der Waals surface area contributed by atoms with Crippen LogP contribution in [-0.4, -0.2) is 45.1 Å². The Hall–Kier alpha value is -3.07. The van der Waals surface area contributed by atoms with Crippen molar-refractivity contribution in [2.24, 2.45) is 7.05 Å². The summed E-state index contributed by atoms with van der Waals surface area (Å²) >= 11 is 1.50. The molecule has 0 bridgehead atoms. The lowest BCUT2D eigenvalue weighted by molar-refractivity contribution is -0.385. The van der Waals surface area contributed by atoms with Crippen molar-refractivity contribution >= 4 is 23.1 Å². The lowest BCUT2D eigenvalue weighted by atomic mass is 10.2. The third kappa shape index (κ3) is 4.91. The number of hydrogen-bond acceptors (Lipinski definition) is 7. The highest BCUT2D eigenvalue weighted by molar-refractivity contribution is 7.99. The number of rotatable bonds is 10. The van der Waals surface area contributed by atoms with E-state index in [0.717, 1.165) is 29.6 Å². The topological polar surface area (TPSA) is 86.3 Å². The van der Waals surface area contributed by atoms with Gasteiger partial charge in [-0.25, -0.2) is 0 Å². The van der Waals surface area contributed by atoms with Gasteiger partial charge in [0.2, 0.25) is 0 Å². The van der Waals surface area contributed by atoms with Gasteiger partial charge in [-0.3, -0.25) is 10.1 Å². The summed E-state index contributed by atoms with van der Waals surface area (Å²) in [6.45, 7) is 6.55. The zero-order chi connectivity index (χ0) is 21.5. The maximum Gasteiger partial charge on any atom is 0.310 e. The van der Waals surface area contributed by atoms with Crippen molar-refractivity contribution < 1.29 is 9.66 Å². The molecular weight excluding hydrogens is 402 g/mol. The Morgan fingerprint density at radius 1 is 1.10 bits per heavy atom. The van der Waals surface area contributed by atoms with E-state index in [1.807, 2.05) is 11.6 Å². The van der Waals surface area contributed by atoms with Gasteiger partial charge in [-0.1, -0.05) is 23.9 Å². The minimum Gasteiger partial charge on any atom is -0.486 e. The standard InChI is InChI=1S/C21H25N5O3S/c1-4-25(5-2)17-12-10-16(11-13-17)20-22-23-21(24(20)3)30-15-14-29-19-9-7-6-8-18(19)26(27)28/h6-13H,4-5,14-15H2,1-3H3. The van der Waals surface area contributed by atoms with Crippen LogP contribution in [0.25, 0.3) is 11.4 Å². The molecule has 3 rings (SSSR count). The first-order valence-electron chi connectivity index (χ1n) is 9.78. The van der Waals surface area contributed by atoms with Gasteiger partial charge in [0.05, 0.1) is 11.5 Å². The molecule has 1 heterocycles. The second-order valence-corrected chi connectivity index (χ2v) is 7.57. The van der Waals surface area contributed by atoms with Crippen molar-refractivity contribution in [1.29, 1.82) is 0 Å². The van der Waals surface area contributed by atoms with Gasteiger partial charge in [0.15, 0.2) is 16.7 Å². The third-order valence-electron chi connectivity index (χ3n) is 4.72. The minimum atomic E-state index is -0.442. The Labute approximate surface area is 180 Å². The molecule has 30 heavy (non-hydrogen) atoms. The van der Waals surface area contributed by atoms with Gasteiger partial charge in [0.1, 0.15) is 0 Å². The van der Waals surface area contributed by atoms with Crippen LogP contribution in [0.5, 0.6) is 5.75 Å². The van der Waals surface area contributed by atoms with Crippen molar-refractivity contribution in [2.45, 2.75) is 19.0 Å². The molecule has 0 atom stereocenters. The minimum absolute atomic E-state index is 0.0309. The second-order valence-electron chi connectivity index (χ2n) is 6.51. The molecular formula is C21H25N5O3S. The molecule has 0 aliphatic carbocycles. The van der Waals surface area contributed by atoms with E-state index in [1.165, 1.54) is 23.5 Å². The second kappa shape index (κ2) is 10.1. The fourth-order valence-electron chi connectivity index (χ4n) is 3.12. The van der Waals surface area contributed by atoms with Gasteiger partial charge >= 0.3 is 5.69 Å². The molecule has 0 radical (unpaired) electrons. The number of thioether (sulfide) groups is 1. The molecule has 0 saturated heterocycles. The number of nitrogens with zero attached hydrogens (tertiary/aromatic N) is 5. The van der Waals surface area contributed by atoms with Crippen LogP contribution in [0.15, 0.2) is 53.7 Å². The third-order valence-corrected chi connectivity index (χ3v) is 5.71. The Balaban J connectivity index is 1.60. The van der Waals surface area contributed by atoms with Crippen molar-refractivity contribution in [2.75, 3.05) is 30.3 Å². The van der Waals surface area contributed by atoms with Gasteiger partial charge in [-0.2, -0.15) is 0 Å². The molecule has 3 aromatic rings. The smallest absolute Gasteiger partial charge is 0.310 e. The summed E-state index contributed by atoms with van der Waals surface area (Å²) < 4.78 is 7.53. The Morgan fingerprint density at radius 2 is 1.80 bits per heavy atom. The highest BCUT2D eigenvalue weighted by atomic mass is 32.2. The van der Waals surface area contributed by atoms with Crippen molar-refractivity contribution in [3.8, 4) is 17.1 Å². The predicted octanol–water partition coefficient (Wildman–Crippen LogP) is 4.41. The Kier molecular flexibility index (Phi) is 7.29. The van der Waals surface area contributed by atoms with E-state index >= 15 is 0 Å². The van der Waals surface area contributed by atoms with E-state index in [1.54, 1.807) is 18.2 Å². The fourth-order valence-corrected chi connectivity index (χ4v) is 3.84. The molecule has 0 unspecified atom stereocenters. The van der Waals surface area contributed by atoms with Crippen LogP contribution in [0.2, 0.25) is 0 Å². The SMILES string of the molecule is CCN(CC)c1ccc(-c2nnc(SCCOc3ccccc3[N+](=O)[O-])n2C)cc1. The maximum atomic E-state index is 11.0. The van der Waals surface area contributed by atoms with E-state index in [-0.39, 0.29) is 11.4 Å². The van der Waals surface area contributed by atoms with Crippen molar-refractivity contribution in [3.05, 3.63) is 58.6 Å². The average molecular weight is 428 g/mol. The summed E-state index contributed by atoms with van der Waals surface area (Å²) in [4.78, 5) is 12.9. The quantitative estimate of drug-likeness (QED) is 0.205. The normalized spacial score (nSPS) is 10.8. The summed E-state index contributed by atoms with van der Waals surface area (Å²) in [7, 11) is 1.93. The van der Waals surface area contributed by atoms with Gasteiger partial charge in [0.25, 0.3) is 0 Å². The zero-order valence-electron chi connectivity index (χ0n) is 17.3. The van der Waals surface area contributed by atoms with Gasteiger partial charge < -0.3 is 14.2 Å². The van der Waals surface area contributed by atoms with Crippen LogP contribution < -0.4 is 9.64 Å². The lowest BCUT2D eigenvalue weighted by Gasteiger charge is -2.21. The Bertz CT molecular complexity index is 987. The largest absolute Gasteiger partial charge is 0.486 e. The number of anilines is 1. The first-order chi connectivity index (χ1) is 14.5.